The molecule has 2 N–H and O–H groups in total. The van der Waals surface area contributed by atoms with E-state index in [1.807, 2.05) is 46.1 Å². The van der Waals surface area contributed by atoms with Crippen molar-refractivity contribution in [1.29, 1.82) is 0 Å². The lowest BCUT2D eigenvalue weighted by Crippen LogP contribution is -2.13. The monoisotopic (exact) mass is 738 g/mol. The Hall–Kier alpha value is -6.32. The van der Waals surface area contributed by atoms with Crippen LogP contribution in [0.25, 0.3) is 44.5 Å². The molecule has 0 saturated heterocycles. The van der Waals surface area contributed by atoms with Gasteiger partial charge in [0.2, 0.25) is 11.1 Å². The van der Waals surface area contributed by atoms with E-state index in [1.165, 1.54) is 30.6 Å². The third kappa shape index (κ3) is 6.47. The van der Waals surface area contributed by atoms with Crippen LogP contribution in [0.5, 0.6) is 0 Å². The second-order valence-electron chi connectivity index (χ2n) is 13.6. The van der Waals surface area contributed by atoms with E-state index < -0.39 is 34.4 Å². The Morgan fingerprint density at radius 1 is 0.704 bits per heavy atom. The van der Waals surface area contributed by atoms with E-state index in [4.69, 9.17) is 0 Å². The summed E-state index contributed by atoms with van der Waals surface area (Å²) in [7, 11) is 0. The Balaban J connectivity index is 0.000000167. The molecule has 276 valence electrons. The van der Waals surface area contributed by atoms with Crippen molar-refractivity contribution in [1.82, 2.24) is 49.0 Å². The van der Waals surface area contributed by atoms with Gasteiger partial charge in [-0.05, 0) is 49.2 Å². The first-order valence-electron chi connectivity index (χ1n) is 17.1. The van der Waals surface area contributed by atoms with Gasteiger partial charge in [-0.2, -0.15) is 0 Å². The van der Waals surface area contributed by atoms with E-state index in [1.54, 1.807) is 10.9 Å². The number of hydrogen-bond acceptors (Lipinski definition) is 8. The van der Waals surface area contributed by atoms with Crippen LogP contribution in [0, 0.1) is 37.1 Å². The fraction of sp³-hybridized carbons (Fsp3) is 0.263. The van der Waals surface area contributed by atoms with Crippen LogP contribution < -0.4 is 11.1 Å². The number of fused-ring (bicyclic) bond motifs is 4. The van der Waals surface area contributed by atoms with Crippen LogP contribution >= 0.6 is 0 Å². The van der Waals surface area contributed by atoms with Crippen LogP contribution in [0.3, 0.4) is 0 Å². The maximum absolute atomic E-state index is 14.2. The van der Waals surface area contributed by atoms with E-state index in [9.17, 15) is 27.2 Å². The topological polar surface area (TPSA) is 153 Å². The Kier molecular flexibility index (Phi) is 9.29. The van der Waals surface area contributed by atoms with Crippen LogP contribution in [0.15, 0.2) is 58.6 Å². The van der Waals surface area contributed by atoms with Gasteiger partial charge in [0.1, 0.15) is 29.2 Å². The molecule has 2 aromatic carbocycles. The van der Waals surface area contributed by atoms with Crippen molar-refractivity contribution < 1.29 is 17.6 Å². The van der Waals surface area contributed by atoms with Crippen LogP contribution in [-0.4, -0.2) is 49.0 Å². The van der Waals surface area contributed by atoms with Crippen molar-refractivity contribution in [3.8, 4) is 11.5 Å². The van der Waals surface area contributed by atoms with E-state index in [0.29, 0.717) is 50.4 Å². The summed E-state index contributed by atoms with van der Waals surface area (Å²) in [6, 6.07) is 7.79. The highest BCUT2D eigenvalue weighted by atomic mass is 19.2. The van der Waals surface area contributed by atoms with Crippen molar-refractivity contribution >= 4 is 33.0 Å². The van der Waals surface area contributed by atoms with Crippen LogP contribution in [0.1, 0.15) is 73.7 Å². The number of H-pyrrole nitrogens is 2. The van der Waals surface area contributed by atoms with Gasteiger partial charge in [0, 0.05) is 34.7 Å². The van der Waals surface area contributed by atoms with E-state index in [2.05, 4.69) is 39.9 Å². The number of aryl methyl sites for hydroxylation is 2. The lowest BCUT2D eigenvalue weighted by molar-refractivity contribution is 0.515. The Bertz CT molecular complexity index is 2820. The molecule has 0 spiro atoms. The molecule has 16 heteroatoms. The molecule has 0 radical (unpaired) electrons. The predicted molar refractivity (Wildman–Crippen MR) is 195 cm³/mol. The Morgan fingerprint density at radius 3 is 1.87 bits per heavy atom. The first-order valence-corrected chi connectivity index (χ1v) is 17.1. The molecule has 2 aliphatic rings. The number of rotatable bonds is 6. The summed E-state index contributed by atoms with van der Waals surface area (Å²) < 4.78 is 59.1. The maximum Gasteiger partial charge on any atom is 0.248 e. The molecule has 0 atom stereocenters. The van der Waals surface area contributed by atoms with Crippen LogP contribution in [0.4, 0.5) is 17.6 Å². The predicted octanol–water partition coefficient (Wildman–Crippen LogP) is 6.80. The van der Waals surface area contributed by atoms with Gasteiger partial charge in [-0.15, -0.1) is 0 Å². The minimum atomic E-state index is -1.07. The molecule has 8 rings (SSSR count). The molecule has 0 unspecified atom stereocenters. The van der Waals surface area contributed by atoms with Gasteiger partial charge in [0.05, 0.1) is 41.8 Å². The minimum Gasteiger partial charge on any atom is -0.319 e. The summed E-state index contributed by atoms with van der Waals surface area (Å²) in [6.07, 6.45) is 3.08. The second kappa shape index (κ2) is 13.9. The van der Waals surface area contributed by atoms with E-state index in [-0.39, 0.29) is 36.0 Å². The molecule has 0 amide bonds. The maximum atomic E-state index is 14.2. The van der Waals surface area contributed by atoms with Gasteiger partial charge >= 0.3 is 0 Å². The molecule has 12 nitrogen and oxygen atoms in total. The Morgan fingerprint density at radius 2 is 1.30 bits per heavy atom. The fourth-order valence-corrected chi connectivity index (χ4v) is 6.39. The van der Waals surface area contributed by atoms with Crippen molar-refractivity contribution in [3.63, 3.8) is 0 Å². The van der Waals surface area contributed by atoms with Crippen LogP contribution in [-0.2, 0) is 13.1 Å². The lowest BCUT2D eigenvalue weighted by Gasteiger charge is -2.13. The highest BCUT2D eigenvalue weighted by Gasteiger charge is 2.22. The van der Waals surface area contributed by atoms with E-state index >= 15 is 0 Å². The zero-order valence-electron chi connectivity index (χ0n) is 30.1. The molecule has 54 heavy (non-hydrogen) atoms. The number of aromatic nitrogens is 10. The van der Waals surface area contributed by atoms with Gasteiger partial charge in [0.25, 0.3) is 0 Å². The summed E-state index contributed by atoms with van der Waals surface area (Å²) in [4.78, 5) is 55.4. The summed E-state index contributed by atoms with van der Waals surface area (Å²) >= 11 is 0. The number of halogens is 4. The number of nitrogens with one attached hydrogen (secondary N) is 2. The molecule has 0 saturated carbocycles. The first-order chi connectivity index (χ1) is 25.7. The molecule has 0 aliphatic carbocycles. The van der Waals surface area contributed by atoms with Gasteiger partial charge in [-0.3, -0.25) is 9.59 Å². The number of nitrogens with zero attached hydrogens (tertiary/aromatic N) is 8. The molecular weight excluding hydrogens is 704 g/mol. The zero-order valence-corrected chi connectivity index (χ0v) is 30.1. The molecule has 0 fully saturated rings. The lowest BCUT2D eigenvalue weighted by atomic mass is 10.1. The molecule has 6 heterocycles. The SMILES string of the molecule is Cc1ncn(Cc2cc(=O)[nH]c3c(F)c(F)ccc23)c2nc(C(C)C)nc1-2.Cc1ncnc2c1nc(C(C)C)n2Cc1cc(=O)[nH]c2c(F)c(F)ccc12. The van der Waals surface area contributed by atoms with Gasteiger partial charge < -0.3 is 19.1 Å². The van der Waals surface area contributed by atoms with E-state index in [0.717, 1.165) is 29.3 Å². The molecule has 0 bridgehead atoms. The summed E-state index contributed by atoms with van der Waals surface area (Å²) in [5.74, 6) is -1.77. The third-order valence-corrected chi connectivity index (χ3v) is 9.10. The molecule has 6 aromatic rings. The number of hydrogen-bond donors (Lipinski definition) is 2. The number of benzene rings is 2. The Labute approximate surface area is 304 Å². The average molecular weight is 739 g/mol. The number of imidazole rings is 2. The van der Waals surface area contributed by atoms with Crippen molar-refractivity contribution in [2.75, 3.05) is 0 Å². The zero-order chi connectivity index (χ0) is 38.6. The molecule has 2 aliphatic heterocycles. The fourth-order valence-electron chi connectivity index (χ4n) is 6.39. The second-order valence-corrected chi connectivity index (χ2v) is 13.6. The number of pyridine rings is 2. The average Bonchev–Trinajstić information content (AvgIpc) is 3.75. The number of aromatic amines is 2. The van der Waals surface area contributed by atoms with Crippen molar-refractivity contribution in [2.45, 2.75) is 66.5 Å². The van der Waals surface area contributed by atoms with Gasteiger partial charge in [-0.1, -0.05) is 27.7 Å². The smallest absolute Gasteiger partial charge is 0.248 e. The molecular formula is C38H34F4N10O2. The third-order valence-electron chi connectivity index (χ3n) is 9.10. The minimum absolute atomic E-state index is 0.0982. The molecule has 4 aromatic heterocycles. The first kappa shape index (κ1) is 36.1. The summed E-state index contributed by atoms with van der Waals surface area (Å²) in [6.45, 7) is 12.2. The summed E-state index contributed by atoms with van der Waals surface area (Å²) in [5.41, 5.74) is 3.34. The van der Waals surface area contributed by atoms with Crippen molar-refractivity contribution in [2.24, 2.45) is 0 Å². The van der Waals surface area contributed by atoms with Crippen molar-refractivity contribution in [3.05, 3.63) is 127 Å². The standard InChI is InChI=1S/2C19H17F2N5O/c1-9(2)18-24-16-10(3)22-8-26(19(16)25-18)7-11-6-14(27)23-17-12(11)4-5-13(20)15(17)21;1-9(2)18-25-16-10(3)22-8-23-19(16)26(18)7-11-6-14(27)24-17-12(11)4-5-13(20)15(17)21/h4-6,8-9H,7H2,1-3H3,(H,23,27);4-6,8-9H,7H2,1-3H3,(H,24,27). The summed E-state index contributed by atoms with van der Waals surface area (Å²) in [5, 5.41) is 0.870. The normalized spacial score (nSPS) is 11.8. The highest BCUT2D eigenvalue weighted by molar-refractivity contribution is 5.84. The van der Waals surface area contributed by atoms with Gasteiger partial charge in [0.15, 0.2) is 34.7 Å². The quantitative estimate of drug-likeness (QED) is 0.177. The van der Waals surface area contributed by atoms with Gasteiger partial charge in [-0.25, -0.2) is 47.5 Å². The van der Waals surface area contributed by atoms with Crippen LogP contribution in [0.2, 0.25) is 0 Å². The highest BCUT2D eigenvalue weighted by Crippen LogP contribution is 2.28. The largest absolute Gasteiger partial charge is 0.319 e.